The second-order valence-corrected chi connectivity index (χ2v) is 10.6. The fourth-order valence-electron chi connectivity index (χ4n) is 3.70. The van der Waals surface area contributed by atoms with Crippen LogP contribution in [0.15, 0.2) is 45.9 Å². The number of aromatic nitrogens is 3. The Morgan fingerprint density at radius 3 is 2.57 bits per heavy atom. The first-order valence-corrected chi connectivity index (χ1v) is 11.9. The Morgan fingerprint density at radius 2 is 1.89 bits per heavy atom. The third-order valence-corrected chi connectivity index (χ3v) is 8.07. The summed E-state index contributed by atoms with van der Waals surface area (Å²) in [5, 5.41) is 5.53. The third kappa shape index (κ3) is 3.17. The first kappa shape index (κ1) is 18.3. The SMILES string of the molecule is O=S(=O)(c1ccc(-c2nn(C3CCCCO3)c3ncc(Br)cc23)cc1)C1CC1. The van der Waals surface area contributed by atoms with Crippen LogP contribution in [0.5, 0.6) is 0 Å². The van der Waals surface area contributed by atoms with Crippen LogP contribution in [0.1, 0.15) is 38.3 Å². The Labute approximate surface area is 172 Å². The summed E-state index contributed by atoms with van der Waals surface area (Å²) in [4.78, 5) is 4.95. The quantitative estimate of drug-likeness (QED) is 0.571. The van der Waals surface area contributed by atoms with Crippen LogP contribution in [0.2, 0.25) is 0 Å². The van der Waals surface area contributed by atoms with Crippen molar-refractivity contribution in [3.8, 4) is 11.3 Å². The van der Waals surface area contributed by atoms with Gasteiger partial charge in [-0.3, -0.25) is 0 Å². The highest BCUT2D eigenvalue weighted by atomic mass is 79.9. The van der Waals surface area contributed by atoms with E-state index in [0.717, 1.165) is 65.5 Å². The van der Waals surface area contributed by atoms with Gasteiger partial charge in [-0.25, -0.2) is 18.1 Å². The van der Waals surface area contributed by atoms with Crippen LogP contribution in [-0.4, -0.2) is 35.0 Å². The van der Waals surface area contributed by atoms with E-state index in [2.05, 4.69) is 20.9 Å². The van der Waals surface area contributed by atoms with Crippen LogP contribution < -0.4 is 0 Å². The minimum absolute atomic E-state index is 0.117. The van der Waals surface area contributed by atoms with Crippen LogP contribution in [0.25, 0.3) is 22.3 Å². The molecule has 5 rings (SSSR count). The summed E-state index contributed by atoms with van der Waals surface area (Å²) in [6.07, 6.45) is 6.25. The van der Waals surface area contributed by atoms with E-state index in [0.29, 0.717) is 4.90 Å². The molecule has 28 heavy (non-hydrogen) atoms. The summed E-state index contributed by atoms with van der Waals surface area (Å²) in [6.45, 7) is 0.728. The predicted molar refractivity (Wildman–Crippen MR) is 110 cm³/mol. The molecule has 2 fully saturated rings. The molecule has 1 atom stereocenters. The number of hydrogen-bond acceptors (Lipinski definition) is 5. The zero-order valence-corrected chi connectivity index (χ0v) is 17.6. The highest BCUT2D eigenvalue weighted by Crippen LogP contribution is 2.36. The predicted octanol–water partition coefficient (Wildman–Crippen LogP) is 4.50. The molecule has 0 N–H and O–H groups in total. The van der Waals surface area contributed by atoms with E-state index >= 15 is 0 Å². The highest BCUT2D eigenvalue weighted by Gasteiger charge is 2.36. The van der Waals surface area contributed by atoms with E-state index in [1.165, 1.54) is 0 Å². The molecule has 0 bridgehead atoms. The minimum atomic E-state index is -3.19. The summed E-state index contributed by atoms with van der Waals surface area (Å²) in [6, 6.07) is 9.06. The van der Waals surface area contributed by atoms with Gasteiger partial charge < -0.3 is 4.74 Å². The smallest absolute Gasteiger partial charge is 0.181 e. The van der Waals surface area contributed by atoms with Crippen LogP contribution in [0.3, 0.4) is 0 Å². The van der Waals surface area contributed by atoms with Crippen LogP contribution >= 0.6 is 15.9 Å². The molecule has 1 aromatic carbocycles. The van der Waals surface area contributed by atoms with Crippen molar-refractivity contribution in [2.75, 3.05) is 6.61 Å². The lowest BCUT2D eigenvalue weighted by molar-refractivity contribution is -0.0368. The molecular formula is C20H20BrN3O3S. The largest absolute Gasteiger partial charge is 0.356 e. The number of benzene rings is 1. The van der Waals surface area contributed by atoms with Gasteiger partial charge in [-0.2, -0.15) is 5.10 Å². The van der Waals surface area contributed by atoms with Gasteiger partial charge in [0.15, 0.2) is 21.7 Å². The van der Waals surface area contributed by atoms with Gasteiger partial charge in [-0.15, -0.1) is 0 Å². The van der Waals surface area contributed by atoms with Crippen LogP contribution in [0.4, 0.5) is 0 Å². The number of nitrogens with zero attached hydrogens (tertiary/aromatic N) is 3. The molecule has 3 heterocycles. The molecule has 146 valence electrons. The van der Waals surface area contributed by atoms with Crippen molar-refractivity contribution in [3.63, 3.8) is 0 Å². The maximum atomic E-state index is 12.5. The normalized spacial score (nSPS) is 20.5. The lowest BCUT2D eigenvalue weighted by Crippen LogP contribution is -2.19. The topological polar surface area (TPSA) is 74.1 Å². The Bertz CT molecular complexity index is 1130. The maximum Gasteiger partial charge on any atom is 0.181 e. The molecule has 1 saturated heterocycles. The molecular weight excluding hydrogens is 442 g/mol. The molecule has 1 saturated carbocycles. The molecule has 1 unspecified atom stereocenters. The second kappa shape index (κ2) is 6.93. The van der Waals surface area contributed by atoms with Crippen molar-refractivity contribution in [3.05, 3.63) is 41.0 Å². The Balaban J connectivity index is 1.59. The lowest BCUT2D eigenvalue weighted by Gasteiger charge is -2.23. The van der Waals surface area contributed by atoms with E-state index in [1.54, 1.807) is 18.3 Å². The molecule has 0 amide bonds. The first-order valence-electron chi connectivity index (χ1n) is 9.54. The van der Waals surface area contributed by atoms with Crippen LogP contribution in [-0.2, 0) is 14.6 Å². The Kier molecular flexibility index (Phi) is 4.52. The molecule has 2 aliphatic rings. The summed E-state index contributed by atoms with van der Waals surface area (Å²) in [5.41, 5.74) is 2.43. The second-order valence-electron chi connectivity index (χ2n) is 7.41. The Morgan fingerprint density at radius 1 is 1.11 bits per heavy atom. The minimum Gasteiger partial charge on any atom is -0.356 e. The summed E-state index contributed by atoms with van der Waals surface area (Å²) in [5.74, 6) is 0. The van der Waals surface area contributed by atoms with Gasteiger partial charge in [-0.05, 0) is 66.2 Å². The van der Waals surface area contributed by atoms with E-state index in [-0.39, 0.29) is 11.5 Å². The van der Waals surface area contributed by atoms with Crippen molar-refractivity contribution in [2.45, 2.75) is 48.5 Å². The van der Waals surface area contributed by atoms with Gasteiger partial charge in [0.2, 0.25) is 0 Å². The molecule has 1 aliphatic carbocycles. The van der Waals surface area contributed by atoms with Gasteiger partial charge in [0.25, 0.3) is 0 Å². The zero-order chi connectivity index (χ0) is 19.3. The molecule has 6 nitrogen and oxygen atoms in total. The molecule has 2 aromatic heterocycles. The van der Waals surface area contributed by atoms with Gasteiger partial charge >= 0.3 is 0 Å². The number of halogens is 1. The molecule has 8 heteroatoms. The monoisotopic (exact) mass is 461 g/mol. The first-order chi connectivity index (χ1) is 13.5. The van der Waals surface area contributed by atoms with Crippen LogP contribution in [0, 0.1) is 0 Å². The summed E-state index contributed by atoms with van der Waals surface area (Å²) < 4.78 is 33.6. The number of hydrogen-bond donors (Lipinski definition) is 0. The van der Waals surface area contributed by atoms with Crippen molar-refractivity contribution in [1.29, 1.82) is 0 Å². The average Bonchev–Trinajstić information content (AvgIpc) is 3.51. The average molecular weight is 462 g/mol. The number of fused-ring (bicyclic) bond motifs is 1. The zero-order valence-electron chi connectivity index (χ0n) is 15.2. The van der Waals surface area contributed by atoms with Gasteiger partial charge in [0, 0.05) is 28.2 Å². The van der Waals surface area contributed by atoms with E-state index in [4.69, 9.17) is 9.84 Å². The maximum absolute atomic E-state index is 12.5. The van der Waals surface area contributed by atoms with Crippen molar-refractivity contribution >= 4 is 36.8 Å². The van der Waals surface area contributed by atoms with Gasteiger partial charge in [0.05, 0.1) is 10.1 Å². The fourth-order valence-corrected chi connectivity index (χ4v) is 5.69. The van der Waals surface area contributed by atoms with Crippen molar-refractivity contribution < 1.29 is 13.2 Å². The highest BCUT2D eigenvalue weighted by molar-refractivity contribution is 9.10. The fraction of sp³-hybridized carbons (Fsp3) is 0.400. The number of rotatable bonds is 4. The molecule has 1 aliphatic heterocycles. The molecule has 3 aromatic rings. The summed E-state index contributed by atoms with van der Waals surface area (Å²) >= 11 is 3.49. The standard InChI is InChI=1S/C20H20BrN3O3S/c21-14-11-17-19(13-4-6-15(7-5-13)28(25,26)16-8-9-16)23-24(20(17)22-12-14)18-3-1-2-10-27-18/h4-7,11-12,16,18H,1-3,8-10H2. The molecule has 0 radical (unpaired) electrons. The Hall–Kier alpha value is -1.77. The van der Waals surface area contributed by atoms with Gasteiger partial charge in [0.1, 0.15) is 5.69 Å². The van der Waals surface area contributed by atoms with E-state index < -0.39 is 9.84 Å². The van der Waals surface area contributed by atoms with Crippen molar-refractivity contribution in [1.82, 2.24) is 14.8 Å². The summed E-state index contributed by atoms with van der Waals surface area (Å²) in [7, 11) is -3.19. The van der Waals surface area contributed by atoms with E-state index in [9.17, 15) is 8.42 Å². The number of sulfone groups is 1. The molecule has 0 spiro atoms. The van der Waals surface area contributed by atoms with Gasteiger partial charge in [-0.1, -0.05) is 12.1 Å². The number of ether oxygens (including phenoxy) is 1. The third-order valence-electron chi connectivity index (χ3n) is 5.36. The number of pyridine rings is 1. The lowest BCUT2D eigenvalue weighted by atomic mass is 10.1. The van der Waals surface area contributed by atoms with E-state index in [1.807, 2.05) is 22.9 Å². The van der Waals surface area contributed by atoms with Crippen molar-refractivity contribution in [2.24, 2.45) is 0 Å².